The van der Waals surface area contributed by atoms with Gasteiger partial charge in [0, 0.05) is 11.4 Å². The van der Waals surface area contributed by atoms with Gasteiger partial charge in [0.1, 0.15) is 6.04 Å². The Morgan fingerprint density at radius 1 is 1.40 bits per heavy atom. The number of likely N-dealkylation sites (N-methyl/N-ethyl adjacent to an activating group) is 1. The first-order chi connectivity index (χ1) is 9.59. The minimum Gasteiger partial charge on any atom is -0.480 e. The number of thiazole rings is 1. The Hall–Kier alpha value is -1.72. The van der Waals surface area contributed by atoms with Crippen LogP contribution in [0.2, 0.25) is 0 Å². The van der Waals surface area contributed by atoms with Crippen LogP contribution in [0.5, 0.6) is 0 Å². The zero-order valence-corrected chi connectivity index (χ0v) is 12.4. The van der Waals surface area contributed by atoms with Gasteiger partial charge in [0.05, 0.1) is 11.2 Å². The molecule has 0 amide bonds. The van der Waals surface area contributed by atoms with Gasteiger partial charge in [0.25, 0.3) is 0 Å². The predicted molar refractivity (Wildman–Crippen MR) is 80.0 cm³/mol. The lowest BCUT2D eigenvalue weighted by molar-refractivity contribution is -0.143. The fraction of sp³-hybridized carbons (Fsp3) is 0.333. The van der Waals surface area contributed by atoms with Crippen LogP contribution in [0, 0.1) is 6.92 Å². The van der Waals surface area contributed by atoms with Crippen molar-refractivity contribution < 1.29 is 9.90 Å². The van der Waals surface area contributed by atoms with Crippen LogP contribution in [0.3, 0.4) is 0 Å². The lowest BCUT2D eigenvalue weighted by atomic mass is 10.1. The van der Waals surface area contributed by atoms with E-state index in [1.807, 2.05) is 54.7 Å². The molecule has 4 nitrogen and oxygen atoms in total. The number of hydrogen-bond donors (Lipinski definition) is 1. The number of carbonyl (C=O) groups is 1. The van der Waals surface area contributed by atoms with Gasteiger partial charge in [0.15, 0.2) is 0 Å². The predicted octanol–water partition coefficient (Wildman–Crippen LogP) is 2.75. The Bertz CT molecular complexity index is 568. The fourth-order valence-corrected chi connectivity index (χ4v) is 2.96. The number of benzene rings is 1. The normalized spacial score (nSPS) is 12.6. The SMILES string of the molecule is Cc1ncsc1CCN(C)[C@@H](C(=O)O)c1ccccc1. The molecule has 1 N–H and O–H groups in total. The van der Waals surface area contributed by atoms with E-state index < -0.39 is 12.0 Å². The summed E-state index contributed by atoms with van der Waals surface area (Å²) in [6.45, 7) is 2.67. The number of carboxylic acids is 1. The molecule has 5 heteroatoms. The second-order valence-corrected chi connectivity index (χ2v) is 5.68. The molecule has 0 unspecified atom stereocenters. The standard InChI is InChI=1S/C15H18N2O2S/c1-11-13(20-10-16-11)8-9-17(2)14(15(18)19)12-6-4-3-5-7-12/h3-7,10,14H,8-9H2,1-2H3,(H,18,19)/t14-/m1/s1. The molecule has 1 aromatic heterocycles. The third-order valence-electron chi connectivity index (χ3n) is 3.33. The van der Waals surface area contributed by atoms with Crippen molar-refractivity contribution in [3.8, 4) is 0 Å². The highest BCUT2D eigenvalue weighted by atomic mass is 32.1. The average Bonchev–Trinajstić information content (AvgIpc) is 2.83. The minimum atomic E-state index is -0.820. The van der Waals surface area contributed by atoms with Gasteiger partial charge in [-0.25, -0.2) is 4.98 Å². The van der Waals surface area contributed by atoms with Crippen LogP contribution in [-0.2, 0) is 11.2 Å². The molecule has 0 bridgehead atoms. The van der Waals surface area contributed by atoms with Crippen molar-refractivity contribution >= 4 is 17.3 Å². The number of aromatic nitrogens is 1. The van der Waals surface area contributed by atoms with Crippen LogP contribution in [-0.4, -0.2) is 34.6 Å². The lowest BCUT2D eigenvalue weighted by Gasteiger charge is -2.24. The average molecular weight is 290 g/mol. The monoisotopic (exact) mass is 290 g/mol. The topological polar surface area (TPSA) is 53.4 Å². The number of nitrogens with zero attached hydrogens (tertiary/aromatic N) is 2. The molecule has 0 fully saturated rings. The van der Waals surface area contributed by atoms with Crippen LogP contribution >= 0.6 is 11.3 Å². The number of carboxylic acid groups (broad SMARTS) is 1. The summed E-state index contributed by atoms with van der Waals surface area (Å²) in [5, 5.41) is 9.46. The quantitative estimate of drug-likeness (QED) is 0.889. The van der Waals surface area contributed by atoms with E-state index in [1.54, 1.807) is 11.3 Å². The van der Waals surface area contributed by atoms with Crippen molar-refractivity contribution in [3.63, 3.8) is 0 Å². The molecule has 2 rings (SSSR count). The molecule has 1 heterocycles. The third-order valence-corrected chi connectivity index (χ3v) is 4.32. The van der Waals surface area contributed by atoms with Crippen molar-refractivity contribution in [1.82, 2.24) is 9.88 Å². The van der Waals surface area contributed by atoms with Crippen LogP contribution < -0.4 is 0 Å². The van der Waals surface area contributed by atoms with Crippen LogP contribution in [0.15, 0.2) is 35.8 Å². The molecule has 0 aliphatic rings. The molecular formula is C15H18N2O2S. The highest BCUT2D eigenvalue weighted by molar-refractivity contribution is 7.09. The molecule has 0 aliphatic heterocycles. The second-order valence-electron chi connectivity index (χ2n) is 4.74. The van der Waals surface area contributed by atoms with E-state index in [1.165, 1.54) is 4.88 Å². The largest absolute Gasteiger partial charge is 0.480 e. The van der Waals surface area contributed by atoms with Gasteiger partial charge < -0.3 is 5.11 Å². The molecule has 0 radical (unpaired) electrons. The second kappa shape index (κ2) is 6.63. The first-order valence-corrected chi connectivity index (χ1v) is 7.34. The molecule has 0 spiro atoms. The molecule has 106 valence electrons. The highest BCUT2D eigenvalue weighted by Crippen LogP contribution is 2.21. The van der Waals surface area contributed by atoms with Crippen molar-refractivity contribution in [2.45, 2.75) is 19.4 Å². The maximum atomic E-state index is 11.5. The molecule has 20 heavy (non-hydrogen) atoms. The van der Waals surface area contributed by atoms with Crippen LogP contribution in [0.25, 0.3) is 0 Å². The minimum absolute atomic E-state index is 0.607. The summed E-state index contributed by atoms with van der Waals surface area (Å²) in [6, 6.07) is 8.73. The Balaban J connectivity index is 2.07. The van der Waals surface area contributed by atoms with Crippen molar-refractivity contribution in [3.05, 3.63) is 52.0 Å². The van der Waals surface area contributed by atoms with Gasteiger partial charge in [-0.15, -0.1) is 11.3 Å². The summed E-state index contributed by atoms with van der Waals surface area (Å²) in [5.41, 5.74) is 3.68. The van der Waals surface area contributed by atoms with Gasteiger partial charge in [-0.1, -0.05) is 30.3 Å². The van der Waals surface area contributed by atoms with Crippen molar-refractivity contribution in [2.75, 3.05) is 13.6 Å². The van der Waals surface area contributed by atoms with E-state index in [9.17, 15) is 9.90 Å². The fourth-order valence-electron chi connectivity index (χ4n) is 2.19. The lowest BCUT2D eigenvalue weighted by Crippen LogP contribution is -2.32. The summed E-state index contributed by atoms with van der Waals surface area (Å²) < 4.78 is 0. The van der Waals surface area contributed by atoms with E-state index in [-0.39, 0.29) is 0 Å². The summed E-state index contributed by atoms with van der Waals surface area (Å²) >= 11 is 1.62. The summed E-state index contributed by atoms with van der Waals surface area (Å²) in [4.78, 5) is 18.8. The van der Waals surface area contributed by atoms with Gasteiger partial charge in [0.2, 0.25) is 0 Å². The first-order valence-electron chi connectivity index (χ1n) is 6.46. The van der Waals surface area contributed by atoms with E-state index in [0.717, 1.165) is 17.7 Å². The Labute approximate surface area is 122 Å². The van der Waals surface area contributed by atoms with E-state index in [2.05, 4.69) is 4.98 Å². The summed E-state index contributed by atoms with van der Waals surface area (Å²) in [6.07, 6.45) is 0.823. The zero-order valence-electron chi connectivity index (χ0n) is 11.6. The van der Waals surface area contributed by atoms with Gasteiger partial charge in [-0.2, -0.15) is 0 Å². The molecule has 0 saturated heterocycles. The maximum Gasteiger partial charge on any atom is 0.325 e. The van der Waals surface area contributed by atoms with Gasteiger partial charge in [-0.05, 0) is 26.0 Å². The highest BCUT2D eigenvalue weighted by Gasteiger charge is 2.24. The van der Waals surface area contributed by atoms with E-state index in [0.29, 0.717) is 6.54 Å². The third kappa shape index (κ3) is 3.43. The van der Waals surface area contributed by atoms with Crippen molar-refractivity contribution in [1.29, 1.82) is 0 Å². The van der Waals surface area contributed by atoms with Gasteiger partial charge >= 0.3 is 5.97 Å². The first kappa shape index (κ1) is 14.7. The Morgan fingerprint density at radius 2 is 2.10 bits per heavy atom. The van der Waals surface area contributed by atoms with Crippen molar-refractivity contribution in [2.24, 2.45) is 0 Å². The molecule has 1 atom stereocenters. The number of aliphatic carboxylic acids is 1. The molecule has 1 aromatic carbocycles. The zero-order chi connectivity index (χ0) is 14.5. The molecule has 0 aliphatic carbocycles. The van der Waals surface area contributed by atoms with Crippen LogP contribution in [0.4, 0.5) is 0 Å². The van der Waals surface area contributed by atoms with Gasteiger partial charge in [-0.3, -0.25) is 9.69 Å². The number of aryl methyl sites for hydroxylation is 1. The summed E-state index contributed by atoms with van der Waals surface area (Å²) in [7, 11) is 1.85. The van der Waals surface area contributed by atoms with E-state index in [4.69, 9.17) is 0 Å². The Morgan fingerprint density at radius 3 is 2.65 bits per heavy atom. The molecule has 2 aromatic rings. The Kier molecular flexibility index (Phi) is 4.87. The maximum absolute atomic E-state index is 11.5. The number of hydrogen-bond acceptors (Lipinski definition) is 4. The molecular weight excluding hydrogens is 272 g/mol. The number of rotatable bonds is 6. The summed E-state index contributed by atoms with van der Waals surface area (Å²) in [5.74, 6) is -0.820. The van der Waals surface area contributed by atoms with Crippen LogP contribution in [0.1, 0.15) is 22.2 Å². The van der Waals surface area contributed by atoms with E-state index >= 15 is 0 Å². The molecule has 0 saturated carbocycles. The smallest absolute Gasteiger partial charge is 0.325 e.